The highest BCUT2D eigenvalue weighted by molar-refractivity contribution is 6.31. The van der Waals surface area contributed by atoms with Gasteiger partial charge in [-0.3, -0.25) is 9.59 Å². The molecule has 21 heavy (non-hydrogen) atoms. The number of carbonyl (C=O) groups excluding carboxylic acids is 1. The third kappa shape index (κ3) is 3.73. The largest absolute Gasteiger partial charge is 0.481 e. The van der Waals surface area contributed by atoms with Crippen molar-refractivity contribution in [3.05, 3.63) is 29.0 Å². The minimum atomic E-state index is -0.980. The number of nitrogens with one attached hydrogen (secondary N) is 1. The van der Waals surface area contributed by atoms with Gasteiger partial charge >= 0.3 is 5.97 Å². The van der Waals surface area contributed by atoms with E-state index in [0.717, 1.165) is 25.3 Å². The van der Waals surface area contributed by atoms with Gasteiger partial charge in [-0.25, -0.2) is 4.39 Å². The lowest BCUT2D eigenvalue weighted by molar-refractivity contribution is -0.153. The maximum atomic E-state index is 13.1. The third-order valence-corrected chi connectivity index (χ3v) is 4.26. The van der Waals surface area contributed by atoms with Crippen LogP contribution in [0.1, 0.15) is 38.5 Å². The van der Waals surface area contributed by atoms with Gasteiger partial charge in [-0.2, -0.15) is 0 Å². The number of hydrogen-bond acceptors (Lipinski definition) is 2. The topological polar surface area (TPSA) is 66.4 Å². The number of benzene rings is 1. The highest BCUT2D eigenvalue weighted by Crippen LogP contribution is 2.39. The molecule has 114 valence electrons. The number of hydrogen-bond donors (Lipinski definition) is 2. The van der Waals surface area contributed by atoms with Crippen LogP contribution in [0, 0.1) is 11.2 Å². The van der Waals surface area contributed by atoms with Gasteiger partial charge in [-0.15, -0.1) is 0 Å². The predicted molar refractivity (Wildman–Crippen MR) is 77.8 cm³/mol. The van der Waals surface area contributed by atoms with E-state index in [4.69, 9.17) is 11.6 Å². The molecular formula is C15H17ClFNO3. The van der Waals surface area contributed by atoms with Crippen LogP contribution >= 0.6 is 11.6 Å². The lowest BCUT2D eigenvalue weighted by Gasteiger charge is -2.32. The van der Waals surface area contributed by atoms with E-state index in [1.807, 2.05) is 0 Å². The summed E-state index contributed by atoms with van der Waals surface area (Å²) in [5, 5.41) is 11.9. The van der Waals surface area contributed by atoms with Gasteiger partial charge in [0.1, 0.15) is 5.82 Å². The van der Waals surface area contributed by atoms with Gasteiger partial charge in [0.05, 0.1) is 10.4 Å². The molecular weight excluding hydrogens is 297 g/mol. The maximum Gasteiger partial charge on any atom is 0.310 e. The summed E-state index contributed by atoms with van der Waals surface area (Å²) in [6, 6.07) is 3.86. The number of carboxylic acids is 1. The highest BCUT2D eigenvalue weighted by atomic mass is 35.5. The molecule has 1 saturated carbocycles. The van der Waals surface area contributed by atoms with Gasteiger partial charge in [0.15, 0.2) is 0 Å². The molecule has 1 fully saturated rings. The first-order valence-corrected chi connectivity index (χ1v) is 7.29. The highest BCUT2D eigenvalue weighted by Gasteiger charge is 2.41. The van der Waals surface area contributed by atoms with E-state index >= 15 is 0 Å². The van der Waals surface area contributed by atoms with Crippen molar-refractivity contribution in [3.63, 3.8) is 0 Å². The van der Waals surface area contributed by atoms with E-state index in [0.29, 0.717) is 18.5 Å². The molecule has 0 bridgehead atoms. The summed E-state index contributed by atoms with van der Waals surface area (Å²) in [6.07, 6.45) is 3.60. The second-order valence-electron chi connectivity index (χ2n) is 5.50. The fourth-order valence-electron chi connectivity index (χ4n) is 2.78. The Hall–Kier alpha value is -1.62. The third-order valence-electron chi connectivity index (χ3n) is 3.97. The SMILES string of the molecule is O=C(CC1(C(=O)O)CCCCC1)Nc1ccc(F)c(Cl)c1. The van der Waals surface area contributed by atoms with E-state index in [-0.39, 0.29) is 17.4 Å². The van der Waals surface area contributed by atoms with Crippen molar-refractivity contribution in [2.45, 2.75) is 38.5 Å². The number of aliphatic carboxylic acids is 1. The van der Waals surface area contributed by atoms with Crippen LogP contribution in [-0.2, 0) is 9.59 Å². The first-order chi connectivity index (χ1) is 9.93. The van der Waals surface area contributed by atoms with Gasteiger partial charge in [0.2, 0.25) is 5.91 Å². The van der Waals surface area contributed by atoms with E-state index in [1.54, 1.807) is 0 Å². The summed E-state index contributed by atoms with van der Waals surface area (Å²) in [7, 11) is 0. The molecule has 0 aliphatic heterocycles. The summed E-state index contributed by atoms with van der Waals surface area (Å²) >= 11 is 5.65. The lowest BCUT2D eigenvalue weighted by atomic mass is 9.71. The average Bonchev–Trinajstić information content (AvgIpc) is 2.43. The molecule has 2 N–H and O–H groups in total. The van der Waals surface area contributed by atoms with Gasteiger partial charge < -0.3 is 10.4 Å². The monoisotopic (exact) mass is 313 g/mol. The molecule has 1 aliphatic rings. The molecule has 0 atom stereocenters. The summed E-state index contributed by atoms with van der Waals surface area (Å²) in [5.41, 5.74) is -0.616. The maximum absolute atomic E-state index is 13.1. The molecule has 0 spiro atoms. The molecule has 0 saturated heterocycles. The van der Waals surface area contributed by atoms with Gasteiger partial charge in [-0.05, 0) is 31.0 Å². The van der Waals surface area contributed by atoms with E-state index < -0.39 is 17.2 Å². The molecule has 0 radical (unpaired) electrons. The van der Waals surface area contributed by atoms with E-state index in [9.17, 15) is 19.1 Å². The van der Waals surface area contributed by atoms with Crippen LogP contribution in [0.25, 0.3) is 0 Å². The molecule has 2 rings (SSSR count). The van der Waals surface area contributed by atoms with Crippen LogP contribution in [0.4, 0.5) is 10.1 Å². The number of halogens is 2. The Morgan fingerprint density at radius 1 is 1.29 bits per heavy atom. The predicted octanol–water partition coefficient (Wildman–Crippen LogP) is 3.84. The second-order valence-corrected chi connectivity index (χ2v) is 5.91. The van der Waals surface area contributed by atoms with Crippen LogP contribution in [-0.4, -0.2) is 17.0 Å². The van der Waals surface area contributed by atoms with Crippen molar-refractivity contribution in [3.8, 4) is 0 Å². The van der Waals surface area contributed by atoms with Crippen LogP contribution in [0.15, 0.2) is 18.2 Å². The van der Waals surface area contributed by atoms with Crippen molar-refractivity contribution >= 4 is 29.2 Å². The Balaban J connectivity index is 2.05. The number of anilines is 1. The molecule has 1 amide bonds. The van der Waals surface area contributed by atoms with Gasteiger partial charge in [-0.1, -0.05) is 30.9 Å². The number of amides is 1. The van der Waals surface area contributed by atoms with Gasteiger partial charge in [0, 0.05) is 12.1 Å². The summed E-state index contributed by atoms with van der Waals surface area (Å²) in [4.78, 5) is 23.6. The van der Waals surface area contributed by atoms with E-state index in [1.165, 1.54) is 12.1 Å². The fourth-order valence-corrected chi connectivity index (χ4v) is 2.96. The Kier molecular flexibility index (Phi) is 4.83. The zero-order valence-electron chi connectivity index (χ0n) is 11.5. The first-order valence-electron chi connectivity index (χ1n) is 6.91. The minimum absolute atomic E-state index is 0.0721. The minimum Gasteiger partial charge on any atom is -0.481 e. The average molecular weight is 314 g/mol. The zero-order chi connectivity index (χ0) is 15.5. The fraction of sp³-hybridized carbons (Fsp3) is 0.467. The number of rotatable bonds is 4. The van der Waals surface area contributed by atoms with Crippen LogP contribution in [0.3, 0.4) is 0 Å². The Labute approximate surface area is 127 Å². The van der Waals surface area contributed by atoms with Crippen molar-refractivity contribution in [2.24, 2.45) is 5.41 Å². The second kappa shape index (κ2) is 6.43. The Bertz CT molecular complexity index is 556. The Morgan fingerprint density at radius 3 is 2.52 bits per heavy atom. The summed E-state index contributed by atoms with van der Waals surface area (Å²) in [6.45, 7) is 0. The summed E-state index contributed by atoms with van der Waals surface area (Å²) < 4.78 is 13.1. The molecule has 0 aromatic heterocycles. The standard InChI is InChI=1S/C15H17ClFNO3/c16-11-8-10(4-5-12(11)17)18-13(19)9-15(14(20)21)6-2-1-3-7-15/h4-5,8H,1-3,6-7,9H2,(H,18,19)(H,20,21). The van der Waals surface area contributed by atoms with Crippen LogP contribution in [0.5, 0.6) is 0 Å². The summed E-state index contributed by atoms with van der Waals surface area (Å²) in [5.74, 6) is -1.87. The quantitative estimate of drug-likeness (QED) is 0.887. The molecule has 1 aliphatic carbocycles. The number of carboxylic acid groups (broad SMARTS) is 1. The normalized spacial score (nSPS) is 17.2. The van der Waals surface area contributed by atoms with Crippen molar-refractivity contribution in [1.29, 1.82) is 0 Å². The molecule has 6 heteroatoms. The van der Waals surface area contributed by atoms with Crippen molar-refractivity contribution < 1.29 is 19.1 Å². The van der Waals surface area contributed by atoms with Crippen molar-refractivity contribution in [1.82, 2.24) is 0 Å². The van der Waals surface area contributed by atoms with Crippen molar-refractivity contribution in [2.75, 3.05) is 5.32 Å². The van der Waals surface area contributed by atoms with Crippen LogP contribution < -0.4 is 5.32 Å². The molecule has 1 aromatic rings. The van der Waals surface area contributed by atoms with E-state index in [2.05, 4.69) is 5.32 Å². The molecule has 0 heterocycles. The first kappa shape index (κ1) is 15.8. The van der Waals surface area contributed by atoms with Crippen LogP contribution in [0.2, 0.25) is 5.02 Å². The smallest absolute Gasteiger partial charge is 0.310 e. The lowest BCUT2D eigenvalue weighted by Crippen LogP contribution is -2.37. The zero-order valence-corrected chi connectivity index (χ0v) is 12.3. The number of carbonyl (C=O) groups is 2. The molecule has 4 nitrogen and oxygen atoms in total. The van der Waals surface area contributed by atoms with Gasteiger partial charge in [0.25, 0.3) is 0 Å². The molecule has 0 unspecified atom stereocenters. The molecule has 1 aromatic carbocycles. The Morgan fingerprint density at radius 2 is 1.95 bits per heavy atom.